The highest BCUT2D eigenvalue weighted by Crippen LogP contribution is 2.39. The van der Waals surface area contributed by atoms with Gasteiger partial charge >= 0.3 is 5.97 Å². The van der Waals surface area contributed by atoms with Crippen LogP contribution in [0, 0.1) is 5.41 Å². The summed E-state index contributed by atoms with van der Waals surface area (Å²) in [4.78, 5) is 11.6. The van der Waals surface area contributed by atoms with Crippen LogP contribution in [-0.2, 0) is 4.79 Å². The standard InChI is InChI=1S/C15H30N4O2/c1-6-9-11-16-18-15(8-3,14(4,5)13(20)21)19-17-12-10-7-2/h6-12H2,1-5H3,(H,20,21). The molecule has 122 valence electrons. The fourth-order valence-electron chi connectivity index (χ4n) is 1.82. The lowest BCUT2D eigenvalue weighted by atomic mass is 9.78. The van der Waals surface area contributed by atoms with Gasteiger partial charge in [-0.3, -0.25) is 4.79 Å². The zero-order valence-electron chi connectivity index (χ0n) is 14.1. The molecule has 6 nitrogen and oxygen atoms in total. The molecule has 0 aromatic carbocycles. The number of carboxylic acids is 1. The Balaban J connectivity index is 5.33. The molecular weight excluding hydrogens is 268 g/mol. The largest absolute Gasteiger partial charge is 0.481 e. The number of hydrogen-bond acceptors (Lipinski definition) is 5. The number of hydrogen-bond donors (Lipinski definition) is 1. The van der Waals surface area contributed by atoms with E-state index in [-0.39, 0.29) is 0 Å². The van der Waals surface area contributed by atoms with Crippen molar-refractivity contribution in [2.24, 2.45) is 25.9 Å². The summed E-state index contributed by atoms with van der Waals surface area (Å²) in [5.41, 5.74) is -2.27. The maximum absolute atomic E-state index is 11.6. The Kier molecular flexibility index (Phi) is 8.97. The van der Waals surface area contributed by atoms with Crippen molar-refractivity contribution >= 4 is 5.97 Å². The van der Waals surface area contributed by atoms with Gasteiger partial charge < -0.3 is 5.11 Å². The van der Waals surface area contributed by atoms with E-state index in [2.05, 4.69) is 34.3 Å². The Labute approximate surface area is 128 Å². The molecule has 0 radical (unpaired) electrons. The van der Waals surface area contributed by atoms with Crippen LogP contribution < -0.4 is 0 Å². The molecule has 0 spiro atoms. The van der Waals surface area contributed by atoms with Gasteiger partial charge in [-0.1, -0.05) is 33.6 Å². The lowest BCUT2D eigenvalue weighted by Crippen LogP contribution is -2.46. The molecule has 0 saturated heterocycles. The molecule has 0 aliphatic heterocycles. The van der Waals surface area contributed by atoms with Crippen LogP contribution in [0.3, 0.4) is 0 Å². The van der Waals surface area contributed by atoms with Gasteiger partial charge in [0, 0.05) is 0 Å². The first-order valence-corrected chi connectivity index (χ1v) is 7.88. The third-order valence-electron chi connectivity index (χ3n) is 3.72. The quantitative estimate of drug-likeness (QED) is 0.442. The first-order valence-electron chi connectivity index (χ1n) is 7.88. The van der Waals surface area contributed by atoms with E-state index in [9.17, 15) is 9.90 Å². The second-order valence-corrected chi connectivity index (χ2v) is 5.74. The molecule has 0 fully saturated rings. The summed E-state index contributed by atoms with van der Waals surface area (Å²) in [6.45, 7) is 10.5. The number of nitrogens with zero attached hydrogens (tertiary/aromatic N) is 4. The molecule has 0 bridgehead atoms. The Hall–Kier alpha value is -1.33. The smallest absolute Gasteiger partial charge is 0.313 e. The topological polar surface area (TPSA) is 86.7 Å². The fourth-order valence-corrected chi connectivity index (χ4v) is 1.82. The zero-order valence-corrected chi connectivity index (χ0v) is 14.1. The van der Waals surface area contributed by atoms with Gasteiger partial charge in [-0.05, 0) is 33.1 Å². The van der Waals surface area contributed by atoms with Crippen LogP contribution in [0.5, 0.6) is 0 Å². The summed E-state index contributed by atoms with van der Waals surface area (Å²) in [7, 11) is 0. The highest BCUT2D eigenvalue weighted by atomic mass is 16.4. The number of azo groups is 2. The van der Waals surface area contributed by atoms with Gasteiger partial charge in [0.25, 0.3) is 0 Å². The third-order valence-corrected chi connectivity index (χ3v) is 3.72. The minimum atomic E-state index is -1.15. The number of rotatable bonds is 11. The van der Waals surface area contributed by atoms with Crippen LogP contribution in [0.15, 0.2) is 20.5 Å². The SMILES string of the molecule is CCCCN=NC(CC)(N=NCCCC)C(C)(C)C(=O)O. The Bertz CT molecular complexity index is 347. The maximum Gasteiger partial charge on any atom is 0.313 e. The van der Waals surface area contributed by atoms with Crippen LogP contribution in [0.2, 0.25) is 0 Å². The van der Waals surface area contributed by atoms with Gasteiger partial charge in [0.2, 0.25) is 5.66 Å². The Morgan fingerprint density at radius 1 is 0.952 bits per heavy atom. The van der Waals surface area contributed by atoms with Gasteiger partial charge in [-0.2, -0.15) is 20.5 Å². The van der Waals surface area contributed by atoms with Crippen molar-refractivity contribution in [1.29, 1.82) is 0 Å². The van der Waals surface area contributed by atoms with Crippen LogP contribution in [0.4, 0.5) is 0 Å². The molecule has 0 amide bonds. The average molecular weight is 298 g/mol. The number of carboxylic acid groups (broad SMARTS) is 1. The van der Waals surface area contributed by atoms with Gasteiger partial charge in [0.15, 0.2) is 0 Å². The van der Waals surface area contributed by atoms with Gasteiger partial charge in [-0.25, -0.2) is 0 Å². The monoisotopic (exact) mass is 298 g/mol. The average Bonchev–Trinajstić information content (AvgIpc) is 2.45. The third kappa shape index (κ3) is 5.52. The summed E-state index contributed by atoms with van der Waals surface area (Å²) in [6.07, 6.45) is 4.38. The van der Waals surface area contributed by atoms with Crippen molar-refractivity contribution in [3.63, 3.8) is 0 Å². The molecule has 6 heteroatoms. The van der Waals surface area contributed by atoms with E-state index in [0.29, 0.717) is 19.5 Å². The van der Waals surface area contributed by atoms with Crippen molar-refractivity contribution in [2.45, 2.75) is 72.4 Å². The van der Waals surface area contributed by atoms with Gasteiger partial charge in [-0.15, -0.1) is 0 Å². The van der Waals surface area contributed by atoms with Gasteiger partial charge in [0.05, 0.1) is 13.1 Å². The van der Waals surface area contributed by atoms with Crippen LogP contribution in [-0.4, -0.2) is 29.8 Å². The first-order chi connectivity index (χ1) is 9.88. The second-order valence-electron chi connectivity index (χ2n) is 5.74. The zero-order chi connectivity index (χ0) is 16.4. The number of unbranched alkanes of at least 4 members (excludes halogenated alkanes) is 2. The second kappa shape index (κ2) is 9.58. The van der Waals surface area contributed by atoms with Crippen molar-refractivity contribution in [3.8, 4) is 0 Å². The molecule has 0 rings (SSSR count). The molecule has 0 unspecified atom stereocenters. The molecule has 0 saturated carbocycles. The molecule has 0 heterocycles. The van der Waals surface area contributed by atoms with Crippen LogP contribution in [0.25, 0.3) is 0 Å². The molecular formula is C15H30N4O2. The van der Waals surface area contributed by atoms with Crippen molar-refractivity contribution in [1.82, 2.24) is 0 Å². The predicted molar refractivity (Wildman–Crippen MR) is 83.7 cm³/mol. The predicted octanol–water partition coefficient (Wildman–Crippen LogP) is 4.71. The molecule has 0 aromatic rings. The fraction of sp³-hybridized carbons (Fsp3) is 0.933. The number of carbonyl (C=O) groups is 1. The minimum Gasteiger partial charge on any atom is -0.481 e. The molecule has 1 N–H and O–H groups in total. The summed E-state index contributed by atoms with van der Waals surface area (Å²) in [6, 6.07) is 0. The Morgan fingerprint density at radius 3 is 1.67 bits per heavy atom. The highest BCUT2D eigenvalue weighted by molar-refractivity contribution is 5.75. The van der Waals surface area contributed by atoms with E-state index >= 15 is 0 Å². The highest BCUT2D eigenvalue weighted by Gasteiger charge is 2.51. The van der Waals surface area contributed by atoms with Gasteiger partial charge in [0.1, 0.15) is 5.41 Å². The van der Waals surface area contributed by atoms with E-state index in [4.69, 9.17) is 0 Å². The molecule has 0 aliphatic carbocycles. The summed E-state index contributed by atoms with van der Waals surface area (Å²) in [5.74, 6) is -0.937. The molecule has 21 heavy (non-hydrogen) atoms. The summed E-state index contributed by atoms with van der Waals surface area (Å²) < 4.78 is 0. The van der Waals surface area contributed by atoms with E-state index in [1.165, 1.54) is 0 Å². The lowest BCUT2D eigenvalue weighted by Gasteiger charge is -2.34. The van der Waals surface area contributed by atoms with E-state index in [1.54, 1.807) is 13.8 Å². The molecule has 0 atom stereocenters. The van der Waals surface area contributed by atoms with E-state index in [0.717, 1.165) is 25.7 Å². The van der Waals surface area contributed by atoms with Crippen LogP contribution >= 0.6 is 0 Å². The first kappa shape index (κ1) is 19.7. The van der Waals surface area contributed by atoms with E-state index in [1.807, 2.05) is 6.92 Å². The van der Waals surface area contributed by atoms with E-state index < -0.39 is 17.0 Å². The van der Waals surface area contributed by atoms with Crippen molar-refractivity contribution in [3.05, 3.63) is 0 Å². The van der Waals surface area contributed by atoms with Crippen LogP contribution in [0.1, 0.15) is 66.7 Å². The normalized spacial score (nSPS) is 15.7. The molecule has 0 aliphatic rings. The lowest BCUT2D eigenvalue weighted by molar-refractivity contribution is -0.151. The maximum atomic E-state index is 11.6. The summed E-state index contributed by atoms with van der Waals surface area (Å²) in [5, 5.41) is 26.4. The van der Waals surface area contributed by atoms with Crippen molar-refractivity contribution in [2.75, 3.05) is 13.1 Å². The number of aliphatic carboxylic acids is 1. The Morgan fingerprint density at radius 2 is 1.38 bits per heavy atom. The minimum absolute atomic E-state index is 0.456. The summed E-state index contributed by atoms with van der Waals surface area (Å²) >= 11 is 0. The van der Waals surface area contributed by atoms with Crippen molar-refractivity contribution < 1.29 is 9.90 Å². The molecule has 0 aromatic heterocycles.